The van der Waals surface area contributed by atoms with Gasteiger partial charge in [-0.2, -0.15) is 0 Å². The summed E-state index contributed by atoms with van der Waals surface area (Å²) >= 11 is 0. The molecule has 2 heterocycles. The van der Waals surface area contributed by atoms with Crippen LogP contribution in [0.15, 0.2) is 42.5 Å². The molecular weight excluding hydrogens is 537 g/mol. The van der Waals surface area contributed by atoms with Gasteiger partial charge in [0, 0.05) is 31.9 Å². The zero-order valence-corrected chi connectivity index (χ0v) is 22.3. The van der Waals surface area contributed by atoms with Crippen LogP contribution in [0.2, 0.25) is 5.82 Å². The molecule has 0 saturated carbocycles. The smallest absolute Gasteiger partial charge is 0.526 e. The maximum atomic E-state index is 13.6. The fraction of sp³-hybridized carbons (Fsp3) is 0.370. The molecule has 14 heteroatoms. The Morgan fingerprint density at radius 2 is 1.85 bits per heavy atom. The van der Waals surface area contributed by atoms with Gasteiger partial charge in [-0.25, -0.2) is 9.59 Å². The molecular formula is C27H30BN3O10. The number of piperazine rings is 1. The number of Topliss-reactive ketones (excluding diaryl/α,β-unsaturated/α-hetero) is 1. The van der Waals surface area contributed by atoms with E-state index in [4.69, 9.17) is 14.5 Å². The number of carbonyl (C=O) groups is 5. The fourth-order valence-electron chi connectivity index (χ4n) is 4.84. The third-order valence-electron chi connectivity index (χ3n) is 7.01. The van der Waals surface area contributed by atoms with E-state index in [9.17, 15) is 34.1 Å². The van der Waals surface area contributed by atoms with Crippen LogP contribution in [-0.4, -0.2) is 94.6 Å². The summed E-state index contributed by atoms with van der Waals surface area (Å²) < 4.78 is 10.9. The number of carbonyl (C=O) groups excluding carboxylic acids is 4. The number of nitrogens with zero attached hydrogens (tertiary/aromatic N) is 2. The van der Waals surface area contributed by atoms with Gasteiger partial charge in [0.15, 0.2) is 5.78 Å². The van der Waals surface area contributed by atoms with E-state index in [1.165, 1.54) is 11.0 Å². The van der Waals surface area contributed by atoms with Crippen molar-refractivity contribution in [2.24, 2.45) is 0 Å². The van der Waals surface area contributed by atoms with Crippen molar-refractivity contribution < 1.29 is 48.6 Å². The maximum Gasteiger partial charge on any atom is 0.526 e. The lowest BCUT2D eigenvalue weighted by atomic mass is 9.64. The molecule has 13 nitrogen and oxygen atoms in total. The van der Waals surface area contributed by atoms with E-state index in [-0.39, 0.29) is 50.5 Å². The van der Waals surface area contributed by atoms with Crippen LogP contribution >= 0.6 is 0 Å². The lowest BCUT2D eigenvalue weighted by Crippen LogP contribution is -2.58. The van der Waals surface area contributed by atoms with Crippen molar-refractivity contribution in [2.75, 3.05) is 32.8 Å². The quantitative estimate of drug-likeness (QED) is 0.235. The molecule has 1 fully saturated rings. The first kappa shape index (κ1) is 29.6. The summed E-state index contributed by atoms with van der Waals surface area (Å²) in [4.78, 5) is 65.3. The highest BCUT2D eigenvalue weighted by Crippen LogP contribution is 2.37. The molecule has 2 aromatic carbocycles. The lowest BCUT2D eigenvalue weighted by Gasteiger charge is -2.33. The van der Waals surface area contributed by atoms with Gasteiger partial charge in [-0.3, -0.25) is 19.3 Å². The van der Waals surface area contributed by atoms with Crippen molar-refractivity contribution in [3.63, 3.8) is 0 Å². The number of hydrogen-bond donors (Lipinski definition) is 4. The Hall–Kier alpha value is -4.43. The normalized spacial score (nSPS) is 17.4. The average molecular weight is 567 g/mol. The Labute approximate surface area is 235 Å². The summed E-state index contributed by atoms with van der Waals surface area (Å²) in [6.45, 7) is 2.01. The Bertz CT molecular complexity index is 1340. The number of ketones is 1. The highest BCUT2D eigenvalue weighted by molar-refractivity contribution is 6.47. The molecule has 0 aromatic heterocycles. The number of aromatic carboxylic acids is 1. The summed E-state index contributed by atoms with van der Waals surface area (Å²) in [6.07, 6.45) is -0.119. The SMILES string of the molecule is CCN1CCN(C(=O)NC(C(=O)C[C@H]2Cc3cccc(C(=O)O)c3OB2O)c2ccc(OCCO)cc2)C(=O)C1=O. The van der Waals surface area contributed by atoms with E-state index in [0.717, 1.165) is 4.90 Å². The molecule has 0 aliphatic carbocycles. The first-order valence-corrected chi connectivity index (χ1v) is 13.1. The Balaban J connectivity index is 1.56. The highest BCUT2D eigenvalue weighted by Gasteiger charge is 2.41. The number of imide groups is 1. The molecule has 2 aliphatic rings. The number of carboxylic acids is 1. The summed E-state index contributed by atoms with van der Waals surface area (Å²) in [6, 6.07) is 8.54. The average Bonchev–Trinajstić information content (AvgIpc) is 2.96. The highest BCUT2D eigenvalue weighted by atomic mass is 16.5. The van der Waals surface area contributed by atoms with E-state index >= 15 is 0 Å². The standard InChI is InChI=1S/C27H30BN3O10/c1-2-30-10-11-31(25(35)24(30)34)27(38)29-22(16-6-8-19(9-7-16)40-13-12-32)21(33)15-18-14-17-4-3-5-20(26(36)37)23(17)41-28(18)39/h3-9,18,22,32,39H,2,10-15H2,1H3,(H,29,38)(H,36,37)/t18-,22?/m1/s1. The van der Waals surface area contributed by atoms with E-state index in [1.54, 1.807) is 43.3 Å². The second kappa shape index (κ2) is 12.8. The number of para-hydroxylation sites is 1. The van der Waals surface area contributed by atoms with E-state index in [0.29, 0.717) is 23.4 Å². The van der Waals surface area contributed by atoms with Gasteiger partial charge in [0.25, 0.3) is 0 Å². The number of carboxylic acid groups (broad SMARTS) is 1. The summed E-state index contributed by atoms with van der Waals surface area (Å²) in [7, 11) is -1.49. The van der Waals surface area contributed by atoms with Gasteiger partial charge in [0.2, 0.25) is 0 Å². The first-order valence-electron chi connectivity index (χ1n) is 13.1. The van der Waals surface area contributed by atoms with Gasteiger partial charge < -0.3 is 34.8 Å². The molecule has 4 amide bonds. The Morgan fingerprint density at radius 3 is 2.51 bits per heavy atom. The summed E-state index contributed by atoms with van der Waals surface area (Å²) in [5.41, 5.74) is 0.754. The minimum atomic E-state index is -1.49. The van der Waals surface area contributed by atoms with Crippen molar-refractivity contribution in [3.8, 4) is 11.5 Å². The minimum Gasteiger partial charge on any atom is -0.535 e. The predicted molar refractivity (Wildman–Crippen MR) is 143 cm³/mol. The van der Waals surface area contributed by atoms with Crippen LogP contribution in [0.3, 0.4) is 0 Å². The molecule has 41 heavy (non-hydrogen) atoms. The predicted octanol–water partition coefficient (Wildman–Crippen LogP) is 0.642. The number of urea groups is 1. The number of aliphatic hydroxyl groups excluding tert-OH is 1. The number of nitrogens with one attached hydrogen (secondary N) is 1. The number of amides is 4. The molecule has 4 rings (SSSR count). The number of likely N-dealkylation sites (N-methyl/N-ethyl adjacent to an activating group) is 1. The van der Waals surface area contributed by atoms with Crippen molar-refractivity contribution in [2.45, 2.75) is 31.6 Å². The van der Waals surface area contributed by atoms with Crippen molar-refractivity contribution in [3.05, 3.63) is 59.2 Å². The van der Waals surface area contributed by atoms with Crippen LogP contribution in [0.4, 0.5) is 4.79 Å². The van der Waals surface area contributed by atoms with Crippen LogP contribution in [0, 0.1) is 0 Å². The number of ether oxygens (including phenoxy) is 1. The summed E-state index contributed by atoms with van der Waals surface area (Å²) in [5, 5.41) is 31.6. The number of hydrogen-bond acceptors (Lipinski definition) is 9. The summed E-state index contributed by atoms with van der Waals surface area (Å²) in [5.74, 6) is -3.86. The Morgan fingerprint density at radius 1 is 1.12 bits per heavy atom. The van der Waals surface area contributed by atoms with Crippen LogP contribution < -0.4 is 14.7 Å². The van der Waals surface area contributed by atoms with Gasteiger partial charge >= 0.3 is 30.9 Å². The Kier molecular flexibility index (Phi) is 9.25. The van der Waals surface area contributed by atoms with E-state index in [1.807, 2.05) is 0 Å². The van der Waals surface area contributed by atoms with Gasteiger partial charge in [0.05, 0.1) is 12.2 Å². The van der Waals surface area contributed by atoms with Crippen LogP contribution in [-0.2, 0) is 20.8 Å². The van der Waals surface area contributed by atoms with Crippen molar-refractivity contribution in [1.29, 1.82) is 0 Å². The van der Waals surface area contributed by atoms with Crippen molar-refractivity contribution >= 4 is 36.7 Å². The molecule has 216 valence electrons. The molecule has 2 aromatic rings. The lowest BCUT2D eigenvalue weighted by molar-refractivity contribution is -0.153. The minimum absolute atomic E-state index is 0.0360. The molecule has 2 atom stereocenters. The molecule has 2 aliphatic heterocycles. The second-order valence-corrected chi connectivity index (χ2v) is 9.61. The van der Waals surface area contributed by atoms with Gasteiger partial charge in [-0.1, -0.05) is 24.3 Å². The monoisotopic (exact) mass is 567 g/mol. The zero-order valence-electron chi connectivity index (χ0n) is 22.3. The van der Waals surface area contributed by atoms with Crippen molar-refractivity contribution in [1.82, 2.24) is 15.1 Å². The third kappa shape index (κ3) is 6.50. The molecule has 0 radical (unpaired) electrons. The topological polar surface area (TPSA) is 183 Å². The van der Waals surface area contributed by atoms with Gasteiger partial charge in [0.1, 0.15) is 24.1 Å². The number of rotatable bonds is 10. The van der Waals surface area contributed by atoms with Gasteiger partial charge in [-0.05, 0) is 42.7 Å². The fourth-order valence-corrected chi connectivity index (χ4v) is 4.84. The molecule has 4 N–H and O–H groups in total. The zero-order chi connectivity index (χ0) is 29.7. The molecule has 1 unspecified atom stereocenters. The number of fused-ring (bicyclic) bond motifs is 1. The maximum absolute atomic E-state index is 13.6. The number of benzene rings is 2. The first-order chi connectivity index (χ1) is 19.6. The van der Waals surface area contributed by atoms with Crippen LogP contribution in [0.1, 0.15) is 40.9 Å². The molecule has 0 spiro atoms. The van der Waals surface area contributed by atoms with E-state index < -0.39 is 48.6 Å². The van der Waals surface area contributed by atoms with E-state index in [2.05, 4.69) is 5.32 Å². The van der Waals surface area contributed by atoms with Crippen LogP contribution in [0.25, 0.3) is 0 Å². The third-order valence-corrected chi connectivity index (χ3v) is 7.01. The molecule has 1 saturated heterocycles. The molecule has 0 bridgehead atoms. The second-order valence-electron chi connectivity index (χ2n) is 9.61. The largest absolute Gasteiger partial charge is 0.535 e. The van der Waals surface area contributed by atoms with Crippen LogP contribution in [0.5, 0.6) is 11.5 Å². The number of aliphatic hydroxyl groups is 1. The van der Waals surface area contributed by atoms with Gasteiger partial charge in [-0.15, -0.1) is 0 Å².